The third kappa shape index (κ3) is 3.19. The van der Waals surface area contributed by atoms with Gasteiger partial charge in [-0.1, -0.05) is 43.7 Å². The molecule has 0 fully saturated rings. The van der Waals surface area contributed by atoms with Crippen molar-refractivity contribution in [2.24, 2.45) is 0 Å². The van der Waals surface area contributed by atoms with Gasteiger partial charge in [-0.25, -0.2) is 4.68 Å². The lowest BCUT2D eigenvalue weighted by molar-refractivity contribution is 0.636. The molecule has 0 saturated carbocycles. The predicted octanol–water partition coefficient (Wildman–Crippen LogP) is 2.41. The van der Waals surface area contributed by atoms with E-state index in [-0.39, 0.29) is 0 Å². The van der Waals surface area contributed by atoms with Gasteiger partial charge in [-0.15, -0.1) is 15.3 Å². The van der Waals surface area contributed by atoms with Crippen LogP contribution < -0.4 is 0 Å². The topological polar surface area (TPSA) is 85.2 Å². The minimum absolute atomic E-state index is 0.449. The van der Waals surface area contributed by atoms with E-state index in [9.17, 15) is 0 Å². The first-order valence-electron chi connectivity index (χ1n) is 7.49. The van der Waals surface area contributed by atoms with Crippen LogP contribution in [0, 0.1) is 0 Å². The molecule has 1 N–H and O–H groups in total. The Morgan fingerprint density at radius 2 is 2.18 bits per heavy atom. The summed E-state index contributed by atoms with van der Waals surface area (Å²) in [5.74, 6) is 1.04. The van der Waals surface area contributed by atoms with Crippen molar-refractivity contribution < 1.29 is 0 Å². The van der Waals surface area contributed by atoms with Crippen LogP contribution in [0.5, 0.6) is 0 Å². The van der Waals surface area contributed by atoms with E-state index in [0.29, 0.717) is 18.3 Å². The Hall–Kier alpha value is -2.57. The summed E-state index contributed by atoms with van der Waals surface area (Å²) in [6, 6.07) is 8.05. The molecule has 7 nitrogen and oxygen atoms in total. The molecule has 2 aromatic heterocycles. The second-order valence-electron chi connectivity index (χ2n) is 5.47. The van der Waals surface area contributed by atoms with Gasteiger partial charge in [0, 0.05) is 17.7 Å². The van der Waals surface area contributed by atoms with Gasteiger partial charge in [0.1, 0.15) is 0 Å². The number of aromatic amines is 1. The molecule has 2 heterocycles. The van der Waals surface area contributed by atoms with Crippen molar-refractivity contribution in [1.29, 1.82) is 0 Å². The zero-order valence-corrected chi connectivity index (χ0v) is 12.8. The largest absolute Gasteiger partial charge is 0.248 e. The number of tetrazole rings is 1. The van der Waals surface area contributed by atoms with E-state index < -0.39 is 0 Å². The van der Waals surface area contributed by atoms with Gasteiger partial charge in [0.2, 0.25) is 5.82 Å². The number of benzene rings is 1. The number of nitrogens with zero attached hydrogens (tertiary/aromatic N) is 6. The molecule has 0 radical (unpaired) electrons. The van der Waals surface area contributed by atoms with E-state index in [1.165, 1.54) is 0 Å². The number of hydrogen-bond acceptors (Lipinski definition) is 5. The maximum absolute atomic E-state index is 4.28. The zero-order chi connectivity index (χ0) is 15.4. The number of rotatable bonds is 6. The first-order chi connectivity index (χ1) is 10.8. The normalized spacial score (nSPS) is 12.5. The summed E-state index contributed by atoms with van der Waals surface area (Å²) in [6.45, 7) is 5.05. The van der Waals surface area contributed by atoms with E-state index in [4.69, 9.17) is 0 Å². The monoisotopic (exact) mass is 297 g/mol. The molecule has 3 rings (SSSR count). The van der Waals surface area contributed by atoms with Crippen molar-refractivity contribution in [3.8, 4) is 11.4 Å². The Labute approximate surface area is 128 Å². The molecular weight excluding hydrogens is 278 g/mol. The third-order valence-corrected chi connectivity index (χ3v) is 3.66. The summed E-state index contributed by atoms with van der Waals surface area (Å²) in [7, 11) is 0. The lowest BCUT2D eigenvalue weighted by Crippen LogP contribution is -2.00. The fourth-order valence-electron chi connectivity index (χ4n) is 2.48. The van der Waals surface area contributed by atoms with Crippen LogP contribution >= 0.6 is 0 Å². The molecular formula is C15H19N7. The second kappa shape index (κ2) is 6.46. The fraction of sp³-hybridized carbons (Fsp3) is 0.400. The molecule has 3 aromatic rings. The first-order valence-corrected chi connectivity index (χ1v) is 7.49. The van der Waals surface area contributed by atoms with Crippen molar-refractivity contribution in [2.75, 3.05) is 0 Å². The van der Waals surface area contributed by atoms with Crippen molar-refractivity contribution >= 4 is 0 Å². The van der Waals surface area contributed by atoms with Crippen LogP contribution in [-0.2, 0) is 6.54 Å². The summed E-state index contributed by atoms with van der Waals surface area (Å²) in [4.78, 5) is 0. The summed E-state index contributed by atoms with van der Waals surface area (Å²) in [5, 5.41) is 22.6. The number of H-pyrrole nitrogens is 1. The fourth-order valence-corrected chi connectivity index (χ4v) is 2.48. The van der Waals surface area contributed by atoms with Crippen LogP contribution in [-0.4, -0.2) is 35.6 Å². The van der Waals surface area contributed by atoms with Gasteiger partial charge in [-0.2, -0.15) is 5.21 Å². The minimum atomic E-state index is 0.449. The maximum Gasteiger partial charge on any atom is 0.204 e. The van der Waals surface area contributed by atoms with Gasteiger partial charge in [0.25, 0.3) is 0 Å². The van der Waals surface area contributed by atoms with Gasteiger partial charge < -0.3 is 0 Å². The summed E-state index contributed by atoms with van der Waals surface area (Å²) in [6.07, 6.45) is 4.31. The predicted molar refractivity (Wildman–Crippen MR) is 82.1 cm³/mol. The Morgan fingerprint density at radius 3 is 2.95 bits per heavy atom. The Bertz CT molecular complexity index is 717. The summed E-state index contributed by atoms with van der Waals surface area (Å²) >= 11 is 0. The van der Waals surface area contributed by atoms with Crippen LogP contribution in [0.25, 0.3) is 11.4 Å². The maximum atomic E-state index is 4.28. The molecule has 0 unspecified atom stereocenters. The Kier molecular flexibility index (Phi) is 4.22. The standard InChI is InChI=1S/C15H19N7/c1-3-5-11(2)14-10-22(21-16-14)9-12-6-4-7-13(8-12)15-17-19-20-18-15/h4,6-8,10-11H,3,5,9H2,1-2H3,(H,17,18,19,20)/t11-/m1/s1. The van der Waals surface area contributed by atoms with Gasteiger partial charge in [-0.3, -0.25) is 0 Å². The quantitative estimate of drug-likeness (QED) is 0.755. The first kappa shape index (κ1) is 14.4. The van der Waals surface area contributed by atoms with Gasteiger partial charge in [0.15, 0.2) is 0 Å². The smallest absolute Gasteiger partial charge is 0.204 e. The molecule has 0 aliphatic carbocycles. The van der Waals surface area contributed by atoms with Crippen LogP contribution in [0.15, 0.2) is 30.5 Å². The highest BCUT2D eigenvalue weighted by molar-refractivity contribution is 5.54. The summed E-state index contributed by atoms with van der Waals surface area (Å²) < 4.78 is 1.87. The van der Waals surface area contributed by atoms with E-state index in [0.717, 1.165) is 29.7 Å². The molecule has 1 atom stereocenters. The highest BCUT2D eigenvalue weighted by atomic mass is 15.5. The molecule has 0 aliphatic rings. The molecule has 0 amide bonds. The Balaban J connectivity index is 1.75. The SMILES string of the molecule is CCC[C@@H](C)c1cn(Cc2cccc(-c3nn[nH]n3)c2)nn1. The molecule has 1 aromatic carbocycles. The van der Waals surface area contributed by atoms with E-state index >= 15 is 0 Å². The average molecular weight is 297 g/mol. The molecule has 114 valence electrons. The van der Waals surface area contributed by atoms with Crippen molar-refractivity contribution in [3.63, 3.8) is 0 Å². The van der Waals surface area contributed by atoms with Crippen LogP contribution in [0.3, 0.4) is 0 Å². The molecule has 0 saturated heterocycles. The van der Waals surface area contributed by atoms with Gasteiger partial charge in [-0.05, 0) is 23.3 Å². The van der Waals surface area contributed by atoms with Crippen molar-refractivity contribution in [2.45, 2.75) is 39.2 Å². The summed E-state index contributed by atoms with van der Waals surface area (Å²) in [5.41, 5.74) is 3.11. The number of hydrogen-bond donors (Lipinski definition) is 1. The zero-order valence-electron chi connectivity index (χ0n) is 12.8. The van der Waals surface area contributed by atoms with Gasteiger partial charge >= 0.3 is 0 Å². The van der Waals surface area contributed by atoms with Crippen molar-refractivity contribution in [1.82, 2.24) is 35.6 Å². The lowest BCUT2D eigenvalue weighted by Gasteiger charge is -2.04. The Morgan fingerprint density at radius 1 is 1.27 bits per heavy atom. The molecule has 0 spiro atoms. The van der Waals surface area contributed by atoms with E-state index in [1.807, 2.05) is 29.1 Å². The molecule has 0 aliphatic heterocycles. The molecule has 0 bridgehead atoms. The van der Waals surface area contributed by atoms with Crippen LogP contribution in [0.4, 0.5) is 0 Å². The van der Waals surface area contributed by atoms with E-state index in [1.54, 1.807) is 0 Å². The van der Waals surface area contributed by atoms with Crippen LogP contribution in [0.1, 0.15) is 43.9 Å². The van der Waals surface area contributed by atoms with Gasteiger partial charge in [0.05, 0.1) is 12.2 Å². The lowest BCUT2D eigenvalue weighted by atomic mass is 10.0. The minimum Gasteiger partial charge on any atom is -0.248 e. The second-order valence-corrected chi connectivity index (χ2v) is 5.47. The number of nitrogens with one attached hydrogen (secondary N) is 1. The van der Waals surface area contributed by atoms with Crippen molar-refractivity contribution in [3.05, 3.63) is 41.7 Å². The third-order valence-electron chi connectivity index (χ3n) is 3.66. The average Bonchev–Trinajstić information content (AvgIpc) is 3.19. The van der Waals surface area contributed by atoms with Crippen LogP contribution in [0.2, 0.25) is 0 Å². The number of aromatic nitrogens is 7. The molecule has 7 heteroatoms. The highest BCUT2D eigenvalue weighted by Crippen LogP contribution is 2.19. The molecule has 22 heavy (non-hydrogen) atoms. The van der Waals surface area contributed by atoms with E-state index in [2.05, 4.69) is 50.9 Å². The highest BCUT2D eigenvalue weighted by Gasteiger charge is 2.10.